The summed E-state index contributed by atoms with van der Waals surface area (Å²) in [4.78, 5) is 1.93. The standard InChI is InChI=1S/C10H9BrN2O/c1-13-8(5-12)6-14-10-3-2-7(11)4-9(10)13/h2-4,8H,6H2,1H3. The summed E-state index contributed by atoms with van der Waals surface area (Å²) >= 11 is 3.39. The van der Waals surface area contributed by atoms with E-state index in [-0.39, 0.29) is 6.04 Å². The molecule has 3 nitrogen and oxygen atoms in total. The topological polar surface area (TPSA) is 36.3 Å². The van der Waals surface area contributed by atoms with Gasteiger partial charge in [-0.25, -0.2) is 0 Å². The van der Waals surface area contributed by atoms with Gasteiger partial charge in [0.05, 0.1) is 11.8 Å². The second-order valence-corrected chi connectivity index (χ2v) is 4.09. The molecule has 0 spiro atoms. The second-order valence-electron chi connectivity index (χ2n) is 3.18. The Morgan fingerprint density at radius 2 is 2.43 bits per heavy atom. The van der Waals surface area contributed by atoms with Crippen LogP contribution in [0.3, 0.4) is 0 Å². The van der Waals surface area contributed by atoms with Crippen LogP contribution in [0.25, 0.3) is 0 Å². The number of fused-ring (bicyclic) bond motifs is 1. The Balaban J connectivity index is 2.44. The number of rotatable bonds is 0. The van der Waals surface area contributed by atoms with Crippen molar-refractivity contribution >= 4 is 21.6 Å². The highest BCUT2D eigenvalue weighted by atomic mass is 79.9. The maximum Gasteiger partial charge on any atom is 0.151 e. The summed E-state index contributed by atoms with van der Waals surface area (Å²) in [5, 5.41) is 8.87. The predicted molar refractivity (Wildman–Crippen MR) is 57.4 cm³/mol. The van der Waals surface area contributed by atoms with Crippen LogP contribution in [-0.2, 0) is 0 Å². The normalized spacial score (nSPS) is 19.5. The van der Waals surface area contributed by atoms with Gasteiger partial charge in [0.2, 0.25) is 0 Å². The monoisotopic (exact) mass is 252 g/mol. The number of nitrogens with zero attached hydrogens (tertiary/aromatic N) is 2. The molecule has 0 radical (unpaired) electrons. The van der Waals surface area contributed by atoms with Crippen molar-refractivity contribution in [1.82, 2.24) is 0 Å². The minimum absolute atomic E-state index is 0.197. The predicted octanol–water partition coefficient (Wildman–Crippen LogP) is 2.17. The lowest BCUT2D eigenvalue weighted by Gasteiger charge is -2.31. The minimum atomic E-state index is -0.197. The largest absolute Gasteiger partial charge is 0.488 e. The third-order valence-corrected chi connectivity index (χ3v) is 2.81. The zero-order chi connectivity index (χ0) is 10.1. The van der Waals surface area contributed by atoms with Gasteiger partial charge in [0, 0.05) is 11.5 Å². The number of likely N-dealkylation sites (N-methyl/N-ethyl adjacent to an activating group) is 1. The van der Waals surface area contributed by atoms with Gasteiger partial charge in [0.25, 0.3) is 0 Å². The Morgan fingerprint density at radius 1 is 1.64 bits per heavy atom. The first kappa shape index (κ1) is 9.35. The van der Waals surface area contributed by atoms with Gasteiger partial charge >= 0.3 is 0 Å². The molecule has 0 aliphatic carbocycles. The van der Waals surface area contributed by atoms with Crippen LogP contribution < -0.4 is 9.64 Å². The lowest BCUT2D eigenvalue weighted by atomic mass is 10.2. The average Bonchev–Trinajstić information content (AvgIpc) is 2.20. The van der Waals surface area contributed by atoms with Crippen molar-refractivity contribution in [2.75, 3.05) is 18.6 Å². The Bertz CT molecular complexity index is 400. The smallest absolute Gasteiger partial charge is 0.151 e. The van der Waals surface area contributed by atoms with Gasteiger partial charge < -0.3 is 9.64 Å². The molecule has 14 heavy (non-hydrogen) atoms. The van der Waals surface area contributed by atoms with Crippen LogP contribution in [0.1, 0.15) is 0 Å². The highest BCUT2D eigenvalue weighted by molar-refractivity contribution is 9.10. The summed E-state index contributed by atoms with van der Waals surface area (Å²) in [7, 11) is 1.90. The molecule has 72 valence electrons. The van der Waals surface area contributed by atoms with E-state index in [4.69, 9.17) is 10.00 Å². The van der Waals surface area contributed by atoms with E-state index in [1.807, 2.05) is 30.1 Å². The van der Waals surface area contributed by atoms with Crippen molar-refractivity contribution < 1.29 is 4.74 Å². The summed E-state index contributed by atoms with van der Waals surface area (Å²) in [6, 6.07) is 7.80. The van der Waals surface area contributed by atoms with E-state index in [9.17, 15) is 0 Å². The lowest BCUT2D eigenvalue weighted by Crippen LogP contribution is -2.39. The number of hydrogen-bond acceptors (Lipinski definition) is 3. The Hall–Kier alpha value is -1.21. The maximum atomic E-state index is 8.87. The van der Waals surface area contributed by atoms with Crippen molar-refractivity contribution in [2.45, 2.75) is 6.04 Å². The van der Waals surface area contributed by atoms with Crippen LogP contribution in [0.4, 0.5) is 5.69 Å². The fourth-order valence-electron chi connectivity index (χ4n) is 1.46. The zero-order valence-corrected chi connectivity index (χ0v) is 9.28. The number of anilines is 1. The highest BCUT2D eigenvalue weighted by Crippen LogP contribution is 2.34. The van der Waals surface area contributed by atoms with Crippen molar-refractivity contribution in [1.29, 1.82) is 5.26 Å². The van der Waals surface area contributed by atoms with E-state index >= 15 is 0 Å². The van der Waals surface area contributed by atoms with E-state index in [0.717, 1.165) is 15.9 Å². The zero-order valence-electron chi connectivity index (χ0n) is 7.70. The van der Waals surface area contributed by atoms with Crippen LogP contribution in [-0.4, -0.2) is 19.7 Å². The molecule has 1 aliphatic heterocycles. The van der Waals surface area contributed by atoms with E-state index < -0.39 is 0 Å². The molecule has 4 heteroatoms. The number of halogens is 1. The molecule has 1 aliphatic rings. The number of benzene rings is 1. The molecule has 2 rings (SSSR count). The van der Waals surface area contributed by atoms with Gasteiger partial charge in [-0.05, 0) is 18.2 Å². The fourth-order valence-corrected chi connectivity index (χ4v) is 1.81. The summed E-state index contributed by atoms with van der Waals surface area (Å²) in [6.07, 6.45) is 0. The quantitative estimate of drug-likeness (QED) is 0.710. The van der Waals surface area contributed by atoms with Crippen LogP contribution in [0.5, 0.6) is 5.75 Å². The number of ether oxygens (including phenoxy) is 1. The van der Waals surface area contributed by atoms with Gasteiger partial charge in [-0.2, -0.15) is 5.26 Å². The SMILES string of the molecule is CN1c2cc(Br)ccc2OCC1C#N. The molecule has 0 saturated carbocycles. The van der Waals surface area contributed by atoms with Crippen LogP contribution >= 0.6 is 15.9 Å². The Morgan fingerprint density at radius 3 is 3.14 bits per heavy atom. The molecular formula is C10H9BrN2O. The molecule has 0 amide bonds. The lowest BCUT2D eigenvalue weighted by molar-refractivity contribution is 0.289. The summed E-state index contributed by atoms with van der Waals surface area (Å²) in [6.45, 7) is 0.432. The van der Waals surface area contributed by atoms with Crippen molar-refractivity contribution in [3.8, 4) is 11.8 Å². The van der Waals surface area contributed by atoms with Gasteiger partial charge in [-0.3, -0.25) is 0 Å². The molecule has 0 N–H and O–H groups in total. The molecule has 1 atom stereocenters. The molecule has 0 saturated heterocycles. The minimum Gasteiger partial charge on any atom is -0.488 e. The molecule has 0 aromatic heterocycles. The van der Waals surface area contributed by atoms with Crippen LogP contribution in [0.2, 0.25) is 0 Å². The fraction of sp³-hybridized carbons (Fsp3) is 0.300. The first-order chi connectivity index (χ1) is 6.72. The van der Waals surface area contributed by atoms with Crippen molar-refractivity contribution in [3.05, 3.63) is 22.7 Å². The summed E-state index contributed by atoms with van der Waals surface area (Å²) in [5.41, 5.74) is 0.956. The molecule has 1 unspecified atom stereocenters. The molecule has 0 bridgehead atoms. The Kier molecular flexibility index (Phi) is 2.34. The van der Waals surface area contributed by atoms with Crippen molar-refractivity contribution in [3.63, 3.8) is 0 Å². The second kappa shape index (κ2) is 3.50. The number of nitriles is 1. The average molecular weight is 253 g/mol. The van der Waals surface area contributed by atoms with E-state index in [0.29, 0.717) is 6.61 Å². The van der Waals surface area contributed by atoms with E-state index in [2.05, 4.69) is 22.0 Å². The van der Waals surface area contributed by atoms with Crippen molar-refractivity contribution in [2.24, 2.45) is 0 Å². The van der Waals surface area contributed by atoms with E-state index in [1.54, 1.807) is 0 Å². The van der Waals surface area contributed by atoms with Crippen LogP contribution in [0, 0.1) is 11.3 Å². The number of hydrogen-bond donors (Lipinski definition) is 0. The van der Waals surface area contributed by atoms with Gasteiger partial charge in [0.1, 0.15) is 12.4 Å². The van der Waals surface area contributed by atoms with Crippen LogP contribution in [0.15, 0.2) is 22.7 Å². The van der Waals surface area contributed by atoms with Gasteiger partial charge in [0.15, 0.2) is 6.04 Å². The first-order valence-electron chi connectivity index (χ1n) is 4.27. The molecule has 1 aromatic rings. The highest BCUT2D eigenvalue weighted by Gasteiger charge is 2.24. The molecule has 1 aromatic carbocycles. The Labute approximate surface area is 91.0 Å². The molecule has 1 heterocycles. The molecule has 0 fully saturated rings. The summed E-state index contributed by atoms with van der Waals surface area (Å²) < 4.78 is 6.46. The van der Waals surface area contributed by atoms with Gasteiger partial charge in [-0.15, -0.1) is 0 Å². The van der Waals surface area contributed by atoms with E-state index in [1.165, 1.54) is 0 Å². The third-order valence-electron chi connectivity index (χ3n) is 2.31. The third kappa shape index (κ3) is 1.44. The van der Waals surface area contributed by atoms with Gasteiger partial charge in [-0.1, -0.05) is 15.9 Å². The first-order valence-corrected chi connectivity index (χ1v) is 5.06. The molecular weight excluding hydrogens is 244 g/mol. The summed E-state index contributed by atoms with van der Waals surface area (Å²) in [5.74, 6) is 0.835. The maximum absolute atomic E-state index is 8.87.